The normalized spacial score (nSPS) is 10.2. The van der Waals surface area contributed by atoms with Gasteiger partial charge in [0.2, 0.25) is 0 Å². The van der Waals surface area contributed by atoms with E-state index in [-0.39, 0.29) is 62.7 Å². The molecular weight excluding hydrogens is 325 g/mol. The summed E-state index contributed by atoms with van der Waals surface area (Å²) >= 11 is -3.11. The van der Waals surface area contributed by atoms with Crippen molar-refractivity contribution < 1.29 is 83.8 Å². The minimum atomic E-state index is -3.11. The summed E-state index contributed by atoms with van der Waals surface area (Å²) in [6, 6.07) is 6.37. The van der Waals surface area contributed by atoms with Crippen molar-refractivity contribution in [3.8, 4) is 5.75 Å². The van der Waals surface area contributed by atoms with Crippen LogP contribution in [-0.2, 0) is 16.1 Å². The molecule has 0 aliphatic heterocycles. The molecule has 9 heteroatoms. The number of rotatable bonds is 4. The maximum atomic E-state index is 11.6. The summed E-state index contributed by atoms with van der Waals surface area (Å²) in [7, 11) is 6.06. The smallest absolute Gasteiger partial charge is 0.784 e. The van der Waals surface area contributed by atoms with Gasteiger partial charge in [-0.05, 0) is 12.1 Å². The third kappa shape index (κ3) is 13.5. The number of phenolic OH excluding ortho intramolecular Hbond substituents is 1. The van der Waals surface area contributed by atoms with Crippen LogP contribution in [0.4, 0.5) is 0 Å². The summed E-state index contributed by atoms with van der Waals surface area (Å²) < 4.78 is 31.1. The average molecular weight is 343 g/mol. The molecule has 0 saturated carbocycles. The van der Waals surface area contributed by atoms with Crippen LogP contribution in [0.1, 0.15) is 10.4 Å². The molecule has 114 valence electrons. The fraction of sp³-hybridized carbons (Fsp3) is 0.417. The summed E-state index contributed by atoms with van der Waals surface area (Å²) in [4.78, 5) is 11.6. The number of esters is 1. The molecule has 0 saturated heterocycles. The van der Waals surface area contributed by atoms with Gasteiger partial charge in [0.1, 0.15) is 24.5 Å². The van der Waals surface area contributed by atoms with E-state index in [1.807, 2.05) is 21.1 Å². The van der Waals surface area contributed by atoms with Crippen LogP contribution in [0.25, 0.3) is 0 Å². The maximum Gasteiger partial charge on any atom is 1.00 e. The first kappa shape index (κ1) is 23.4. The second-order valence-corrected chi connectivity index (χ2v) is 5.28. The van der Waals surface area contributed by atoms with Gasteiger partial charge in [0.15, 0.2) is 0 Å². The van der Waals surface area contributed by atoms with Crippen molar-refractivity contribution in [3.05, 3.63) is 29.8 Å². The van der Waals surface area contributed by atoms with Gasteiger partial charge in [-0.25, -0.2) is 4.79 Å². The molecule has 0 heterocycles. The number of likely N-dealkylation sites (N-methyl/N-ethyl adjacent to an activating group) is 1. The molecule has 1 aromatic rings. The van der Waals surface area contributed by atoms with Crippen molar-refractivity contribution in [2.24, 2.45) is 0 Å². The Morgan fingerprint density at radius 2 is 1.76 bits per heavy atom. The molecule has 0 radical (unpaired) electrons. The van der Waals surface area contributed by atoms with E-state index >= 15 is 0 Å². The van der Waals surface area contributed by atoms with E-state index in [0.29, 0.717) is 6.61 Å². The van der Waals surface area contributed by atoms with Gasteiger partial charge >= 0.3 is 57.4 Å². The number of para-hydroxylation sites is 1. The first-order valence-electron chi connectivity index (χ1n) is 5.66. The van der Waals surface area contributed by atoms with Crippen LogP contribution >= 0.6 is 0 Å². The average Bonchev–Trinajstić information content (AvgIpc) is 2.26. The Balaban J connectivity index is 0. The number of carbonyl (C=O) groups excluding carboxylic acids is 1. The number of quaternary nitrogens is 1. The number of benzene rings is 1. The fourth-order valence-corrected chi connectivity index (χ4v) is 1.14. The molecule has 21 heavy (non-hydrogen) atoms. The number of nitrogens with zero attached hydrogens (tertiary/aromatic N) is 1. The second kappa shape index (κ2) is 11.7. The van der Waals surface area contributed by atoms with Crippen LogP contribution in [0.2, 0.25) is 0 Å². The van der Waals surface area contributed by atoms with Crippen LogP contribution in [0.3, 0.4) is 0 Å². The Bertz CT molecular complexity index is 459. The van der Waals surface area contributed by atoms with Crippen molar-refractivity contribution in [2.45, 2.75) is 0 Å². The maximum absolute atomic E-state index is 11.6. The van der Waals surface area contributed by atoms with Gasteiger partial charge < -0.3 is 23.4 Å². The summed E-state index contributed by atoms with van der Waals surface area (Å²) in [5.74, 6) is -0.524. The van der Waals surface area contributed by atoms with E-state index < -0.39 is 17.3 Å². The largest absolute Gasteiger partial charge is 1.00 e. The first-order valence-corrected chi connectivity index (χ1v) is 6.66. The molecule has 7 nitrogen and oxygen atoms in total. The molecule has 0 bridgehead atoms. The molecule has 0 spiro atoms. The number of hydrogen-bond acceptors (Lipinski definition) is 6. The quantitative estimate of drug-likeness (QED) is 0.275. The van der Waals surface area contributed by atoms with Crippen LogP contribution in [0.5, 0.6) is 5.75 Å². The number of carbonyl (C=O) groups is 1. The van der Waals surface area contributed by atoms with Gasteiger partial charge in [-0.2, -0.15) is 0 Å². The molecule has 1 rings (SSSR count). The molecule has 0 fully saturated rings. The molecule has 1 aromatic carbocycles. The van der Waals surface area contributed by atoms with Crippen molar-refractivity contribution in [1.82, 2.24) is 0 Å². The Kier molecular flexibility index (Phi) is 13.0. The Morgan fingerprint density at radius 1 is 1.29 bits per heavy atom. The standard InChI is InChI=1S/C12H17NO3.K.H2O3S/c1-13(2,3)8-9-16-12(15)10-6-4-5-7-11(10)14;;1-4(2)3/h4-7H,8-9H2,1-3H3;;(H2,1,2,3)/q;+1;/p-1. The van der Waals surface area contributed by atoms with E-state index in [4.69, 9.17) is 18.1 Å². The van der Waals surface area contributed by atoms with Crippen LogP contribution in [-0.4, -0.2) is 63.2 Å². The third-order valence-electron chi connectivity index (χ3n) is 2.12. The Morgan fingerprint density at radius 3 is 2.19 bits per heavy atom. The molecule has 0 aliphatic carbocycles. The third-order valence-corrected chi connectivity index (χ3v) is 2.12. The molecular formula is C12H18KNO6S. The van der Waals surface area contributed by atoms with Gasteiger partial charge in [0, 0.05) is 0 Å². The van der Waals surface area contributed by atoms with Crippen molar-refractivity contribution in [2.75, 3.05) is 34.3 Å². The van der Waals surface area contributed by atoms with E-state index in [9.17, 15) is 9.90 Å². The summed E-state index contributed by atoms with van der Waals surface area (Å²) in [6.07, 6.45) is 0. The second-order valence-electron chi connectivity index (χ2n) is 4.87. The Labute approximate surface area is 169 Å². The van der Waals surface area contributed by atoms with Gasteiger partial charge in [-0.3, -0.25) is 4.21 Å². The molecule has 0 aromatic heterocycles. The van der Waals surface area contributed by atoms with E-state index in [1.54, 1.807) is 18.2 Å². The summed E-state index contributed by atoms with van der Waals surface area (Å²) in [5.41, 5.74) is 0.212. The van der Waals surface area contributed by atoms with Gasteiger partial charge in [-0.15, -0.1) is 11.4 Å². The topological polar surface area (TPSA) is 110 Å². The first-order chi connectivity index (χ1) is 9.13. The molecule has 0 aliphatic rings. The zero-order valence-electron chi connectivity index (χ0n) is 12.6. The SMILES string of the molecule is C[N+](C)(C)CCOC(=O)c1ccccc1O.O=S([O-])[O-].[K+]. The summed E-state index contributed by atoms with van der Waals surface area (Å²) in [5, 5.41) is 9.44. The number of aromatic hydroxyl groups is 1. The number of phenols is 1. The van der Waals surface area contributed by atoms with Crippen molar-refractivity contribution in [3.63, 3.8) is 0 Å². The van der Waals surface area contributed by atoms with Crippen LogP contribution in [0.15, 0.2) is 24.3 Å². The predicted molar refractivity (Wildman–Crippen MR) is 71.0 cm³/mol. The molecule has 0 atom stereocenters. The van der Waals surface area contributed by atoms with E-state index in [1.165, 1.54) is 6.07 Å². The predicted octanol–water partition coefficient (Wildman–Crippen LogP) is -2.74. The van der Waals surface area contributed by atoms with E-state index in [2.05, 4.69) is 0 Å². The van der Waals surface area contributed by atoms with Crippen molar-refractivity contribution in [1.29, 1.82) is 0 Å². The molecule has 0 unspecified atom stereocenters. The van der Waals surface area contributed by atoms with Crippen LogP contribution < -0.4 is 51.4 Å². The van der Waals surface area contributed by atoms with E-state index in [0.717, 1.165) is 11.0 Å². The summed E-state index contributed by atoms with van der Waals surface area (Å²) in [6.45, 7) is 1.08. The van der Waals surface area contributed by atoms with Gasteiger partial charge in [-0.1, -0.05) is 12.1 Å². The number of hydrogen-bond donors (Lipinski definition) is 1. The number of ether oxygens (including phenoxy) is 1. The zero-order valence-corrected chi connectivity index (χ0v) is 16.5. The molecule has 0 amide bonds. The zero-order chi connectivity index (χ0) is 15.8. The van der Waals surface area contributed by atoms with Crippen LogP contribution in [0, 0.1) is 0 Å². The van der Waals surface area contributed by atoms with Crippen molar-refractivity contribution >= 4 is 17.3 Å². The molecule has 1 N–H and O–H groups in total. The minimum absolute atomic E-state index is 0. The minimum Gasteiger partial charge on any atom is -0.784 e. The van der Waals surface area contributed by atoms with Gasteiger partial charge in [0.05, 0.1) is 21.1 Å². The Hall–Kier alpha value is 0.156. The monoisotopic (exact) mass is 343 g/mol. The fourth-order valence-electron chi connectivity index (χ4n) is 1.14. The van der Waals surface area contributed by atoms with Gasteiger partial charge in [0.25, 0.3) is 0 Å².